The minimum absolute atomic E-state index is 0.0854. The van der Waals surface area contributed by atoms with Crippen LogP contribution in [0.1, 0.15) is 23.1 Å². The molecule has 0 saturated heterocycles. The molecule has 1 aliphatic carbocycles. The van der Waals surface area contributed by atoms with Gasteiger partial charge >= 0.3 is 0 Å². The molecule has 4 heteroatoms. The summed E-state index contributed by atoms with van der Waals surface area (Å²) in [6, 6.07) is 27.0. The lowest BCUT2D eigenvalue weighted by Crippen LogP contribution is -2.25. The van der Waals surface area contributed by atoms with Crippen molar-refractivity contribution in [2.24, 2.45) is 11.0 Å². The zero-order valence-corrected chi connectivity index (χ0v) is 14.7. The van der Waals surface area contributed by atoms with E-state index in [2.05, 4.69) is 34.8 Å². The minimum Gasteiger partial charge on any atom is -0.508 e. The first kappa shape index (κ1) is 17.0. The third-order valence-corrected chi connectivity index (χ3v) is 5.14. The van der Waals surface area contributed by atoms with Crippen LogP contribution in [0.2, 0.25) is 0 Å². The topological polar surface area (TPSA) is 61.7 Å². The van der Waals surface area contributed by atoms with E-state index >= 15 is 0 Å². The fourth-order valence-corrected chi connectivity index (χ4v) is 3.66. The molecule has 3 aromatic carbocycles. The van der Waals surface area contributed by atoms with E-state index in [9.17, 15) is 9.90 Å². The zero-order valence-electron chi connectivity index (χ0n) is 14.7. The highest BCUT2D eigenvalue weighted by molar-refractivity contribution is 5.87. The van der Waals surface area contributed by atoms with Crippen LogP contribution in [0.4, 0.5) is 0 Å². The first-order valence-corrected chi connectivity index (χ1v) is 8.93. The number of hydrazone groups is 1. The summed E-state index contributed by atoms with van der Waals surface area (Å²) in [5.74, 6) is -0.0401. The molecule has 1 unspecified atom stereocenters. The molecule has 0 spiro atoms. The highest BCUT2D eigenvalue weighted by Gasteiger charge is 2.60. The summed E-state index contributed by atoms with van der Waals surface area (Å²) in [5, 5.41) is 13.4. The maximum Gasteiger partial charge on any atom is 0.244 e. The lowest BCUT2D eigenvalue weighted by molar-refractivity contribution is -0.122. The van der Waals surface area contributed by atoms with Crippen molar-refractivity contribution >= 4 is 12.1 Å². The zero-order chi connectivity index (χ0) is 18.7. The van der Waals surface area contributed by atoms with Crippen LogP contribution in [0, 0.1) is 5.92 Å². The van der Waals surface area contributed by atoms with E-state index in [1.807, 2.05) is 36.4 Å². The second-order valence-electron chi connectivity index (χ2n) is 6.79. The molecule has 1 saturated carbocycles. The molecule has 0 radical (unpaired) electrons. The van der Waals surface area contributed by atoms with Crippen LogP contribution in [0.3, 0.4) is 0 Å². The molecule has 1 fully saturated rings. The summed E-state index contributed by atoms with van der Waals surface area (Å²) in [7, 11) is 0. The van der Waals surface area contributed by atoms with E-state index in [4.69, 9.17) is 0 Å². The quantitative estimate of drug-likeness (QED) is 0.539. The van der Waals surface area contributed by atoms with Crippen LogP contribution < -0.4 is 5.43 Å². The summed E-state index contributed by atoms with van der Waals surface area (Å²) in [6.07, 6.45) is 2.34. The first-order chi connectivity index (χ1) is 13.2. The number of rotatable bonds is 5. The molecule has 1 amide bonds. The number of hydrogen-bond donors (Lipinski definition) is 2. The lowest BCUT2D eigenvalue weighted by atomic mass is 9.85. The second kappa shape index (κ2) is 7.08. The fraction of sp³-hybridized carbons (Fsp3) is 0.130. The predicted octanol–water partition coefficient (Wildman–Crippen LogP) is 3.85. The molecule has 134 valence electrons. The van der Waals surface area contributed by atoms with E-state index in [1.165, 1.54) is 0 Å². The molecule has 2 N–H and O–H groups in total. The minimum atomic E-state index is -0.291. The van der Waals surface area contributed by atoms with Crippen molar-refractivity contribution in [1.29, 1.82) is 0 Å². The summed E-state index contributed by atoms with van der Waals surface area (Å²) < 4.78 is 0. The van der Waals surface area contributed by atoms with Crippen molar-refractivity contribution < 1.29 is 9.90 Å². The SMILES string of the molecule is O=C(NN=Cc1ccc(O)cc1)C1CC1(c1ccccc1)c1ccccc1. The Morgan fingerprint density at radius 2 is 1.48 bits per heavy atom. The van der Waals surface area contributed by atoms with Crippen LogP contribution in [0.15, 0.2) is 90.0 Å². The standard InChI is InChI=1S/C23H20N2O2/c26-20-13-11-17(12-14-20)16-24-25-22(27)21-15-23(21,18-7-3-1-4-8-18)19-9-5-2-6-10-19/h1-14,16,21,26H,15H2,(H,25,27). The Hall–Kier alpha value is -3.40. The van der Waals surface area contributed by atoms with Gasteiger partial charge in [0.2, 0.25) is 5.91 Å². The fourth-order valence-electron chi connectivity index (χ4n) is 3.66. The summed E-state index contributed by atoms with van der Waals surface area (Å²) in [6.45, 7) is 0. The Kier molecular flexibility index (Phi) is 4.47. The third-order valence-electron chi connectivity index (χ3n) is 5.14. The first-order valence-electron chi connectivity index (χ1n) is 8.93. The average molecular weight is 356 g/mol. The average Bonchev–Trinajstić information content (AvgIpc) is 3.48. The number of carbonyl (C=O) groups is 1. The van der Waals surface area contributed by atoms with Crippen LogP contribution in [-0.4, -0.2) is 17.2 Å². The third kappa shape index (κ3) is 3.34. The number of aromatic hydroxyl groups is 1. The molecule has 1 atom stereocenters. The monoisotopic (exact) mass is 356 g/mol. The molecule has 4 nitrogen and oxygen atoms in total. The highest BCUT2D eigenvalue weighted by atomic mass is 16.3. The molecule has 0 aliphatic heterocycles. The van der Waals surface area contributed by atoms with Gasteiger partial charge in [0.05, 0.1) is 12.1 Å². The van der Waals surface area contributed by atoms with Crippen LogP contribution in [-0.2, 0) is 10.2 Å². The van der Waals surface area contributed by atoms with Crippen molar-refractivity contribution in [2.45, 2.75) is 11.8 Å². The van der Waals surface area contributed by atoms with Gasteiger partial charge in [-0.15, -0.1) is 0 Å². The maximum atomic E-state index is 12.7. The Balaban J connectivity index is 1.53. The maximum absolute atomic E-state index is 12.7. The second-order valence-corrected chi connectivity index (χ2v) is 6.79. The van der Waals surface area contributed by atoms with Gasteiger partial charge in [-0.1, -0.05) is 60.7 Å². The number of phenols is 1. The molecular weight excluding hydrogens is 336 g/mol. The Bertz CT molecular complexity index is 911. The summed E-state index contributed by atoms with van der Waals surface area (Å²) in [5.41, 5.74) is 5.49. The Labute approximate surface area is 158 Å². The Morgan fingerprint density at radius 1 is 0.926 bits per heavy atom. The van der Waals surface area contributed by atoms with Gasteiger partial charge in [-0.3, -0.25) is 4.79 Å². The van der Waals surface area contributed by atoms with Gasteiger partial charge < -0.3 is 5.11 Å². The summed E-state index contributed by atoms with van der Waals surface area (Å²) in [4.78, 5) is 12.7. The van der Waals surface area contributed by atoms with Crippen molar-refractivity contribution in [3.05, 3.63) is 102 Å². The van der Waals surface area contributed by atoms with Crippen LogP contribution >= 0.6 is 0 Å². The molecule has 0 heterocycles. The molecule has 0 bridgehead atoms. The van der Waals surface area contributed by atoms with Gasteiger partial charge in [0.25, 0.3) is 0 Å². The van der Waals surface area contributed by atoms with E-state index in [1.54, 1.807) is 30.5 Å². The van der Waals surface area contributed by atoms with Crippen molar-refractivity contribution in [2.75, 3.05) is 0 Å². The summed E-state index contributed by atoms with van der Waals surface area (Å²) >= 11 is 0. The van der Waals surface area contributed by atoms with Crippen LogP contribution in [0.5, 0.6) is 5.75 Å². The van der Waals surface area contributed by atoms with Gasteiger partial charge in [0.1, 0.15) is 5.75 Å². The largest absolute Gasteiger partial charge is 0.508 e. The molecular formula is C23H20N2O2. The van der Waals surface area contributed by atoms with Gasteiger partial charge in [-0.05, 0) is 47.4 Å². The van der Waals surface area contributed by atoms with Gasteiger partial charge in [0.15, 0.2) is 0 Å². The smallest absolute Gasteiger partial charge is 0.244 e. The number of phenolic OH excluding ortho intramolecular Hbond substituents is 1. The van der Waals surface area contributed by atoms with Gasteiger partial charge in [-0.25, -0.2) is 5.43 Å². The number of nitrogens with one attached hydrogen (secondary N) is 1. The number of amides is 1. The number of hydrogen-bond acceptors (Lipinski definition) is 3. The van der Waals surface area contributed by atoms with Crippen molar-refractivity contribution in [3.63, 3.8) is 0 Å². The normalized spacial score (nSPS) is 17.6. The number of carbonyl (C=O) groups excluding carboxylic acids is 1. The van der Waals surface area contributed by atoms with E-state index in [0.717, 1.165) is 23.1 Å². The highest BCUT2D eigenvalue weighted by Crippen LogP contribution is 2.58. The van der Waals surface area contributed by atoms with E-state index in [-0.39, 0.29) is 23.0 Å². The molecule has 3 aromatic rings. The Morgan fingerprint density at radius 3 is 2.04 bits per heavy atom. The molecule has 0 aromatic heterocycles. The molecule has 27 heavy (non-hydrogen) atoms. The van der Waals surface area contributed by atoms with E-state index < -0.39 is 0 Å². The molecule has 4 rings (SSSR count). The van der Waals surface area contributed by atoms with Gasteiger partial charge in [-0.2, -0.15) is 5.10 Å². The van der Waals surface area contributed by atoms with Crippen molar-refractivity contribution in [1.82, 2.24) is 5.43 Å². The van der Waals surface area contributed by atoms with Crippen molar-refractivity contribution in [3.8, 4) is 5.75 Å². The van der Waals surface area contributed by atoms with Crippen LogP contribution in [0.25, 0.3) is 0 Å². The van der Waals surface area contributed by atoms with E-state index in [0.29, 0.717) is 0 Å². The lowest BCUT2D eigenvalue weighted by Gasteiger charge is -2.18. The molecule has 1 aliphatic rings. The number of benzene rings is 3. The van der Waals surface area contributed by atoms with Gasteiger partial charge in [0, 0.05) is 5.41 Å². The number of nitrogens with zero attached hydrogens (tertiary/aromatic N) is 1. The predicted molar refractivity (Wildman–Crippen MR) is 106 cm³/mol.